The van der Waals surface area contributed by atoms with Gasteiger partial charge in [-0.05, 0) is 19.3 Å². The molecule has 0 aromatic heterocycles. The van der Waals surface area contributed by atoms with Gasteiger partial charge in [-0.25, -0.2) is 0 Å². The minimum Gasteiger partial charge on any atom is -0.352 e. The summed E-state index contributed by atoms with van der Waals surface area (Å²) in [6, 6.07) is 0.0709. The average Bonchev–Trinajstić information content (AvgIpc) is 2.31. The molecule has 92 valence electrons. The first-order chi connectivity index (χ1) is 7.60. The van der Waals surface area contributed by atoms with Crippen LogP contribution in [-0.4, -0.2) is 18.5 Å². The van der Waals surface area contributed by atoms with Gasteiger partial charge in [-0.2, -0.15) is 0 Å². The van der Waals surface area contributed by atoms with Crippen LogP contribution in [-0.2, 0) is 4.79 Å². The highest BCUT2D eigenvalue weighted by atomic mass is 16.2. The van der Waals surface area contributed by atoms with Crippen molar-refractivity contribution in [1.29, 1.82) is 0 Å². The number of nitrogens with two attached hydrogens (primary N) is 1. The van der Waals surface area contributed by atoms with Crippen molar-refractivity contribution < 1.29 is 4.79 Å². The molecule has 0 heterocycles. The fraction of sp³-hybridized carbons (Fsp3) is 0.769. The molecule has 0 bridgehead atoms. The molecule has 3 heteroatoms. The highest BCUT2D eigenvalue weighted by Gasteiger charge is 2.33. The fourth-order valence-electron chi connectivity index (χ4n) is 1.73. The zero-order valence-corrected chi connectivity index (χ0v) is 10.7. The lowest BCUT2D eigenvalue weighted by atomic mass is 9.81. The molecule has 0 aromatic rings. The van der Waals surface area contributed by atoms with Gasteiger partial charge in [-0.3, -0.25) is 4.79 Å². The summed E-state index contributed by atoms with van der Waals surface area (Å²) < 4.78 is 0. The van der Waals surface area contributed by atoms with E-state index in [-0.39, 0.29) is 11.9 Å². The summed E-state index contributed by atoms with van der Waals surface area (Å²) in [6.45, 7) is 6.40. The molecule has 0 saturated carbocycles. The van der Waals surface area contributed by atoms with Crippen LogP contribution in [0.5, 0.6) is 0 Å². The monoisotopic (exact) mass is 224 g/mol. The Kier molecular flexibility index (Phi) is 6.83. The molecular formula is C13H24N2O. The SMILES string of the molecule is C#CCC(CC)NC(=O)C(CC)(CC)CN. The second kappa shape index (κ2) is 7.29. The molecular weight excluding hydrogens is 200 g/mol. The maximum absolute atomic E-state index is 12.1. The summed E-state index contributed by atoms with van der Waals surface area (Å²) in [5, 5.41) is 3.00. The molecule has 1 unspecified atom stereocenters. The number of carbonyl (C=O) groups excluding carboxylic acids is 1. The number of amides is 1. The summed E-state index contributed by atoms with van der Waals surface area (Å²) >= 11 is 0. The van der Waals surface area contributed by atoms with Crippen molar-refractivity contribution in [3.8, 4) is 12.3 Å². The molecule has 3 nitrogen and oxygen atoms in total. The van der Waals surface area contributed by atoms with E-state index in [0.717, 1.165) is 19.3 Å². The van der Waals surface area contributed by atoms with Gasteiger partial charge in [0.2, 0.25) is 5.91 Å². The van der Waals surface area contributed by atoms with Crippen LogP contribution in [0.25, 0.3) is 0 Å². The molecule has 0 radical (unpaired) electrons. The van der Waals surface area contributed by atoms with Crippen LogP contribution in [0.1, 0.15) is 46.5 Å². The summed E-state index contributed by atoms with van der Waals surface area (Å²) in [6.07, 6.45) is 8.22. The van der Waals surface area contributed by atoms with E-state index in [2.05, 4.69) is 11.2 Å². The van der Waals surface area contributed by atoms with E-state index in [0.29, 0.717) is 13.0 Å². The lowest BCUT2D eigenvalue weighted by Gasteiger charge is -2.30. The standard InChI is InChI=1S/C13H24N2O/c1-5-9-11(6-2)15-12(16)13(7-3,8-4)10-14/h1,11H,6-10,14H2,2-4H3,(H,15,16). The quantitative estimate of drug-likeness (QED) is 0.646. The summed E-state index contributed by atoms with van der Waals surface area (Å²) in [5.74, 6) is 2.63. The van der Waals surface area contributed by atoms with Crippen molar-refractivity contribution in [2.24, 2.45) is 11.1 Å². The van der Waals surface area contributed by atoms with Gasteiger partial charge >= 0.3 is 0 Å². The first-order valence-electron chi connectivity index (χ1n) is 6.04. The number of terminal acetylenes is 1. The summed E-state index contributed by atoms with van der Waals surface area (Å²) in [4.78, 5) is 12.1. The van der Waals surface area contributed by atoms with Crippen LogP contribution in [0, 0.1) is 17.8 Å². The van der Waals surface area contributed by atoms with Crippen molar-refractivity contribution >= 4 is 5.91 Å². The zero-order valence-electron chi connectivity index (χ0n) is 10.7. The number of carbonyl (C=O) groups is 1. The maximum Gasteiger partial charge on any atom is 0.227 e. The molecule has 0 aromatic carbocycles. The number of rotatable bonds is 7. The fourth-order valence-corrected chi connectivity index (χ4v) is 1.73. The highest BCUT2D eigenvalue weighted by molar-refractivity contribution is 5.83. The van der Waals surface area contributed by atoms with Crippen molar-refractivity contribution in [3.63, 3.8) is 0 Å². The van der Waals surface area contributed by atoms with E-state index >= 15 is 0 Å². The van der Waals surface area contributed by atoms with Gasteiger partial charge in [0.1, 0.15) is 0 Å². The van der Waals surface area contributed by atoms with E-state index < -0.39 is 5.41 Å². The van der Waals surface area contributed by atoms with E-state index in [9.17, 15) is 4.79 Å². The second-order valence-corrected chi connectivity index (χ2v) is 4.18. The Morgan fingerprint density at radius 3 is 2.31 bits per heavy atom. The van der Waals surface area contributed by atoms with Crippen LogP contribution in [0.3, 0.4) is 0 Å². The molecule has 0 saturated heterocycles. The summed E-state index contributed by atoms with van der Waals surface area (Å²) in [7, 11) is 0. The third-order valence-corrected chi connectivity index (χ3v) is 3.42. The minimum atomic E-state index is -0.429. The Morgan fingerprint density at radius 2 is 2.00 bits per heavy atom. The van der Waals surface area contributed by atoms with Gasteiger partial charge in [0.25, 0.3) is 0 Å². The summed E-state index contributed by atoms with van der Waals surface area (Å²) in [5.41, 5.74) is 5.29. The Morgan fingerprint density at radius 1 is 1.44 bits per heavy atom. The first kappa shape index (κ1) is 15.0. The van der Waals surface area contributed by atoms with Gasteiger partial charge in [-0.15, -0.1) is 12.3 Å². The molecule has 1 amide bonds. The van der Waals surface area contributed by atoms with Gasteiger partial charge in [0, 0.05) is 19.0 Å². The third-order valence-electron chi connectivity index (χ3n) is 3.42. The third kappa shape index (κ3) is 3.53. The lowest BCUT2D eigenvalue weighted by molar-refractivity contribution is -0.131. The lowest BCUT2D eigenvalue weighted by Crippen LogP contribution is -2.48. The Hall–Kier alpha value is -1.01. The number of hydrogen-bond donors (Lipinski definition) is 2. The molecule has 0 fully saturated rings. The number of nitrogens with one attached hydrogen (secondary N) is 1. The van der Waals surface area contributed by atoms with Gasteiger partial charge in [0.15, 0.2) is 0 Å². The molecule has 16 heavy (non-hydrogen) atoms. The largest absolute Gasteiger partial charge is 0.352 e. The van der Waals surface area contributed by atoms with Gasteiger partial charge < -0.3 is 11.1 Å². The van der Waals surface area contributed by atoms with Gasteiger partial charge in [-0.1, -0.05) is 20.8 Å². The van der Waals surface area contributed by atoms with Crippen LogP contribution in [0.15, 0.2) is 0 Å². The Bertz CT molecular complexity index is 243. The molecule has 3 N–H and O–H groups in total. The van der Waals surface area contributed by atoms with Crippen LogP contribution in [0.2, 0.25) is 0 Å². The molecule has 0 rings (SSSR count). The van der Waals surface area contributed by atoms with Gasteiger partial charge in [0.05, 0.1) is 5.41 Å². The van der Waals surface area contributed by atoms with E-state index in [4.69, 9.17) is 12.2 Å². The smallest absolute Gasteiger partial charge is 0.227 e. The van der Waals surface area contributed by atoms with E-state index in [1.807, 2.05) is 20.8 Å². The van der Waals surface area contributed by atoms with E-state index in [1.54, 1.807) is 0 Å². The van der Waals surface area contributed by atoms with Crippen LogP contribution in [0.4, 0.5) is 0 Å². The molecule has 0 spiro atoms. The van der Waals surface area contributed by atoms with Crippen molar-refractivity contribution in [2.45, 2.75) is 52.5 Å². The predicted octanol–water partition coefficient (Wildman–Crippen LogP) is 1.67. The Balaban J connectivity index is 4.58. The topological polar surface area (TPSA) is 55.1 Å². The highest BCUT2D eigenvalue weighted by Crippen LogP contribution is 2.25. The first-order valence-corrected chi connectivity index (χ1v) is 6.04. The molecule has 0 aliphatic rings. The normalized spacial score (nSPS) is 12.9. The average molecular weight is 224 g/mol. The molecule has 0 aliphatic heterocycles. The van der Waals surface area contributed by atoms with Crippen LogP contribution >= 0.6 is 0 Å². The zero-order chi connectivity index (χ0) is 12.6. The van der Waals surface area contributed by atoms with Crippen molar-refractivity contribution in [3.05, 3.63) is 0 Å². The Labute approximate surface area is 99.2 Å². The number of hydrogen-bond acceptors (Lipinski definition) is 2. The van der Waals surface area contributed by atoms with E-state index in [1.165, 1.54) is 0 Å². The molecule has 1 atom stereocenters. The minimum absolute atomic E-state index is 0.0436. The second-order valence-electron chi connectivity index (χ2n) is 4.18. The maximum atomic E-state index is 12.1. The van der Waals surface area contributed by atoms with Crippen molar-refractivity contribution in [1.82, 2.24) is 5.32 Å². The molecule has 0 aliphatic carbocycles. The predicted molar refractivity (Wildman–Crippen MR) is 67.7 cm³/mol. The van der Waals surface area contributed by atoms with Crippen LogP contribution < -0.4 is 11.1 Å². The van der Waals surface area contributed by atoms with Crippen molar-refractivity contribution in [2.75, 3.05) is 6.54 Å².